The van der Waals surface area contributed by atoms with Crippen LogP contribution in [-0.2, 0) is 9.59 Å². The van der Waals surface area contributed by atoms with E-state index in [0.717, 1.165) is 10.8 Å². The van der Waals surface area contributed by atoms with E-state index in [1.54, 1.807) is 24.3 Å². The van der Waals surface area contributed by atoms with Gasteiger partial charge in [0.05, 0.1) is 11.3 Å². The smallest absolute Gasteiger partial charge is 0.282 e. The molecule has 0 saturated heterocycles. The van der Waals surface area contributed by atoms with Gasteiger partial charge in [-0.3, -0.25) is 9.59 Å². The Kier molecular flexibility index (Phi) is 4.41. The summed E-state index contributed by atoms with van der Waals surface area (Å²) >= 11 is 1.37. The highest BCUT2D eigenvalue weighted by Crippen LogP contribution is 2.38. The topological polar surface area (TPSA) is 49.4 Å². The average Bonchev–Trinajstić information content (AvgIpc) is 3.35. The van der Waals surface area contributed by atoms with Crippen molar-refractivity contribution in [2.24, 2.45) is 0 Å². The lowest BCUT2D eigenvalue weighted by atomic mass is 10.1. The van der Waals surface area contributed by atoms with Crippen LogP contribution in [0.1, 0.15) is 4.88 Å². The molecule has 30 heavy (non-hydrogen) atoms. The molecule has 1 N–H and O–H groups in total. The number of thiophene rings is 1. The van der Waals surface area contributed by atoms with E-state index in [1.165, 1.54) is 28.4 Å². The van der Waals surface area contributed by atoms with Crippen molar-refractivity contribution in [1.29, 1.82) is 0 Å². The van der Waals surface area contributed by atoms with Crippen molar-refractivity contribution in [2.45, 2.75) is 0 Å². The van der Waals surface area contributed by atoms with Crippen LogP contribution in [0.15, 0.2) is 89.9 Å². The maximum atomic E-state index is 13.7. The van der Waals surface area contributed by atoms with Crippen molar-refractivity contribution in [3.05, 3.63) is 101 Å². The molecule has 4 aromatic rings. The molecular weight excluding hydrogens is 399 g/mol. The number of nitrogens with zero attached hydrogens (tertiary/aromatic N) is 1. The highest BCUT2D eigenvalue weighted by molar-refractivity contribution is 7.11. The summed E-state index contributed by atoms with van der Waals surface area (Å²) in [6, 6.07) is 22.5. The molecule has 0 fully saturated rings. The van der Waals surface area contributed by atoms with Gasteiger partial charge in [-0.1, -0.05) is 48.5 Å². The zero-order valence-electron chi connectivity index (χ0n) is 15.6. The molecule has 0 radical (unpaired) electrons. The van der Waals surface area contributed by atoms with Crippen LogP contribution in [0, 0.1) is 5.82 Å². The molecule has 5 rings (SSSR count). The molecule has 0 aliphatic carbocycles. The number of fused-ring (bicyclic) bond motifs is 1. The molecule has 1 aliphatic heterocycles. The van der Waals surface area contributed by atoms with E-state index in [9.17, 15) is 14.0 Å². The summed E-state index contributed by atoms with van der Waals surface area (Å²) in [5.41, 5.74) is 1.35. The van der Waals surface area contributed by atoms with Crippen molar-refractivity contribution in [2.75, 3.05) is 10.2 Å². The normalized spacial score (nSPS) is 14.1. The minimum absolute atomic E-state index is 0.140. The molecule has 4 nitrogen and oxygen atoms in total. The van der Waals surface area contributed by atoms with E-state index in [2.05, 4.69) is 5.32 Å². The van der Waals surface area contributed by atoms with Crippen LogP contribution in [0.5, 0.6) is 0 Å². The second-order valence-corrected chi connectivity index (χ2v) is 7.75. The van der Waals surface area contributed by atoms with Crippen LogP contribution in [0.4, 0.5) is 15.8 Å². The van der Waals surface area contributed by atoms with E-state index in [1.807, 2.05) is 47.8 Å². The number of benzene rings is 3. The molecule has 3 aromatic carbocycles. The number of carbonyl (C=O) groups excluding carboxylic acids is 2. The summed E-state index contributed by atoms with van der Waals surface area (Å²) in [6.07, 6.45) is 0. The SMILES string of the molecule is O=C1C(Nc2cccc(F)c2)=C(c2cccs2)C(=O)N1c1cccc2ccccc12. The second-order valence-electron chi connectivity index (χ2n) is 6.81. The Morgan fingerprint density at radius 3 is 2.43 bits per heavy atom. The number of hydrogen-bond donors (Lipinski definition) is 1. The minimum Gasteiger partial charge on any atom is -0.350 e. The predicted octanol–water partition coefficient (Wildman–Crippen LogP) is 5.44. The van der Waals surface area contributed by atoms with Crippen LogP contribution >= 0.6 is 11.3 Å². The highest BCUT2D eigenvalue weighted by atomic mass is 32.1. The molecule has 2 heterocycles. The zero-order valence-corrected chi connectivity index (χ0v) is 16.4. The summed E-state index contributed by atoms with van der Waals surface area (Å²) < 4.78 is 13.7. The second kappa shape index (κ2) is 7.24. The number of amides is 2. The van der Waals surface area contributed by atoms with Gasteiger partial charge in [-0.05, 0) is 41.1 Å². The number of hydrogen-bond acceptors (Lipinski definition) is 4. The quantitative estimate of drug-likeness (QED) is 0.453. The monoisotopic (exact) mass is 414 g/mol. The fraction of sp³-hybridized carbons (Fsp3) is 0. The van der Waals surface area contributed by atoms with Crippen LogP contribution in [0.25, 0.3) is 16.3 Å². The number of carbonyl (C=O) groups is 2. The summed E-state index contributed by atoms with van der Waals surface area (Å²) in [5, 5.41) is 6.57. The maximum Gasteiger partial charge on any atom is 0.282 e. The van der Waals surface area contributed by atoms with Gasteiger partial charge in [0.15, 0.2) is 0 Å². The third-order valence-electron chi connectivity index (χ3n) is 4.95. The van der Waals surface area contributed by atoms with Crippen molar-refractivity contribution in [3.8, 4) is 0 Å². The molecule has 2 amide bonds. The zero-order chi connectivity index (χ0) is 20.7. The fourth-order valence-corrected chi connectivity index (χ4v) is 4.40. The van der Waals surface area contributed by atoms with E-state index in [-0.39, 0.29) is 11.3 Å². The minimum atomic E-state index is -0.469. The van der Waals surface area contributed by atoms with Crippen LogP contribution < -0.4 is 10.2 Å². The first kappa shape index (κ1) is 18.3. The van der Waals surface area contributed by atoms with Crippen LogP contribution in [0.2, 0.25) is 0 Å². The van der Waals surface area contributed by atoms with Crippen molar-refractivity contribution < 1.29 is 14.0 Å². The van der Waals surface area contributed by atoms with Gasteiger partial charge in [-0.2, -0.15) is 0 Å². The Labute approximate surface area is 175 Å². The summed E-state index contributed by atoms with van der Waals surface area (Å²) in [7, 11) is 0. The summed E-state index contributed by atoms with van der Waals surface area (Å²) in [4.78, 5) is 28.8. The summed E-state index contributed by atoms with van der Waals surface area (Å²) in [6.45, 7) is 0. The fourth-order valence-electron chi connectivity index (χ4n) is 3.63. The third-order valence-corrected chi connectivity index (χ3v) is 5.84. The lowest BCUT2D eigenvalue weighted by Crippen LogP contribution is -2.32. The van der Waals surface area contributed by atoms with E-state index in [0.29, 0.717) is 16.3 Å². The molecule has 0 bridgehead atoms. The molecule has 146 valence electrons. The molecule has 1 aromatic heterocycles. The van der Waals surface area contributed by atoms with Crippen molar-refractivity contribution in [3.63, 3.8) is 0 Å². The van der Waals surface area contributed by atoms with Crippen molar-refractivity contribution >= 4 is 50.9 Å². The Hall–Kier alpha value is -3.77. The molecule has 6 heteroatoms. The van der Waals surface area contributed by atoms with Gasteiger partial charge in [0.2, 0.25) is 0 Å². The molecule has 0 unspecified atom stereocenters. The van der Waals surface area contributed by atoms with E-state index in [4.69, 9.17) is 0 Å². The third kappa shape index (κ3) is 2.98. The van der Waals surface area contributed by atoms with Gasteiger partial charge < -0.3 is 5.32 Å². The molecular formula is C24H15FN2O2S. The molecule has 1 aliphatic rings. The van der Waals surface area contributed by atoms with Crippen LogP contribution in [0.3, 0.4) is 0 Å². The lowest BCUT2D eigenvalue weighted by molar-refractivity contribution is -0.120. The first-order chi connectivity index (χ1) is 14.6. The van der Waals surface area contributed by atoms with Crippen LogP contribution in [-0.4, -0.2) is 11.8 Å². The Morgan fingerprint density at radius 1 is 0.833 bits per heavy atom. The Bertz CT molecular complexity index is 1320. The average molecular weight is 414 g/mol. The largest absolute Gasteiger partial charge is 0.350 e. The highest BCUT2D eigenvalue weighted by Gasteiger charge is 2.41. The van der Waals surface area contributed by atoms with E-state index < -0.39 is 17.6 Å². The molecule has 0 saturated carbocycles. The molecule has 0 atom stereocenters. The number of halogens is 1. The standard InChI is InChI=1S/C24H15FN2O2S/c25-16-8-4-9-17(14-16)26-22-21(20-12-5-13-30-20)23(28)27(24(22)29)19-11-3-7-15-6-1-2-10-18(15)19/h1-14,26H. The van der Waals surface area contributed by atoms with E-state index >= 15 is 0 Å². The number of nitrogens with one attached hydrogen (secondary N) is 1. The van der Waals surface area contributed by atoms with Gasteiger partial charge in [-0.25, -0.2) is 9.29 Å². The summed E-state index contributed by atoms with van der Waals surface area (Å²) in [5.74, 6) is -1.30. The number of rotatable bonds is 4. The van der Waals surface area contributed by atoms with Gasteiger partial charge in [0.25, 0.3) is 11.8 Å². The first-order valence-corrected chi connectivity index (χ1v) is 10.2. The van der Waals surface area contributed by atoms with Gasteiger partial charge in [0, 0.05) is 16.0 Å². The number of anilines is 2. The first-order valence-electron chi connectivity index (χ1n) is 9.31. The number of imide groups is 1. The van der Waals surface area contributed by atoms with Crippen molar-refractivity contribution in [1.82, 2.24) is 0 Å². The van der Waals surface area contributed by atoms with Gasteiger partial charge >= 0.3 is 0 Å². The maximum absolute atomic E-state index is 13.7. The van der Waals surface area contributed by atoms with Gasteiger partial charge in [0.1, 0.15) is 11.5 Å². The Morgan fingerprint density at radius 2 is 1.63 bits per heavy atom. The predicted molar refractivity (Wildman–Crippen MR) is 118 cm³/mol. The van der Waals surface area contributed by atoms with Gasteiger partial charge in [-0.15, -0.1) is 11.3 Å². The Balaban J connectivity index is 1.65. The lowest BCUT2D eigenvalue weighted by Gasteiger charge is -2.17. The molecule has 0 spiro atoms.